The maximum Gasteiger partial charge on any atom is 0.0951 e. The number of rotatable bonds is 9. The SMILES string of the molecule is Cc1ncn(CCCCCCCCCBr)c1C. The highest BCUT2D eigenvalue weighted by Gasteiger charge is 2.00. The molecule has 0 spiro atoms. The molecule has 1 aromatic rings. The minimum Gasteiger partial charge on any atom is -0.335 e. The molecule has 0 bridgehead atoms. The van der Waals surface area contributed by atoms with Crippen LogP contribution in [0.15, 0.2) is 6.33 Å². The summed E-state index contributed by atoms with van der Waals surface area (Å²) in [6.07, 6.45) is 11.5. The van der Waals surface area contributed by atoms with Crippen molar-refractivity contribution in [2.45, 2.75) is 65.3 Å². The molecule has 2 nitrogen and oxygen atoms in total. The van der Waals surface area contributed by atoms with Crippen molar-refractivity contribution in [3.63, 3.8) is 0 Å². The Kier molecular flexibility index (Phi) is 7.58. The van der Waals surface area contributed by atoms with Crippen molar-refractivity contribution >= 4 is 15.9 Å². The summed E-state index contributed by atoms with van der Waals surface area (Å²) in [6.45, 7) is 5.37. The van der Waals surface area contributed by atoms with Gasteiger partial charge in [0.05, 0.1) is 12.0 Å². The van der Waals surface area contributed by atoms with Crippen molar-refractivity contribution in [2.75, 3.05) is 5.33 Å². The van der Waals surface area contributed by atoms with Gasteiger partial charge in [0.2, 0.25) is 0 Å². The lowest BCUT2D eigenvalue weighted by Crippen LogP contribution is -1.99. The molecule has 0 aliphatic rings. The van der Waals surface area contributed by atoms with Gasteiger partial charge in [0, 0.05) is 17.6 Å². The Morgan fingerprint density at radius 3 is 2.12 bits per heavy atom. The topological polar surface area (TPSA) is 17.8 Å². The van der Waals surface area contributed by atoms with Crippen LogP contribution >= 0.6 is 15.9 Å². The lowest BCUT2D eigenvalue weighted by atomic mass is 10.1. The Labute approximate surface area is 114 Å². The third kappa shape index (κ3) is 5.71. The third-order valence-electron chi connectivity index (χ3n) is 3.38. The van der Waals surface area contributed by atoms with Gasteiger partial charge in [0.15, 0.2) is 0 Å². The van der Waals surface area contributed by atoms with E-state index in [4.69, 9.17) is 0 Å². The highest BCUT2D eigenvalue weighted by Crippen LogP contribution is 2.10. The molecule has 0 aromatic carbocycles. The summed E-state index contributed by atoms with van der Waals surface area (Å²) in [5, 5.41) is 1.16. The first-order valence-corrected chi connectivity index (χ1v) is 7.92. The molecule has 0 unspecified atom stereocenters. The maximum atomic E-state index is 4.32. The Bertz CT molecular complexity index is 307. The van der Waals surface area contributed by atoms with Crippen LogP contribution in [-0.4, -0.2) is 14.9 Å². The molecule has 0 atom stereocenters. The van der Waals surface area contributed by atoms with Gasteiger partial charge >= 0.3 is 0 Å². The van der Waals surface area contributed by atoms with Crippen molar-refractivity contribution in [1.29, 1.82) is 0 Å². The number of hydrogen-bond donors (Lipinski definition) is 0. The van der Waals surface area contributed by atoms with E-state index in [1.165, 1.54) is 56.3 Å². The van der Waals surface area contributed by atoms with Gasteiger partial charge in [-0.2, -0.15) is 0 Å². The molecule has 0 saturated carbocycles. The van der Waals surface area contributed by atoms with Crippen LogP contribution in [0.25, 0.3) is 0 Å². The van der Waals surface area contributed by atoms with Crippen molar-refractivity contribution < 1.29 is 0 Å². The molecular formula is C14H25BrN2. The van der Waals surface area contributed by atoms with Crippen molar-refractivity contribution in [2.24, 2.45) is 0 Å². The Morgan fingerprint density at radius 2 is 1.59 bits per heavy atom. The largest absolute Gasteiger partial charge is 0.335 e. The second-order valence-corrected chi connectivity index (χ2v) is 5.57. The third-order valence-corrected chi connectivity index (χ3v) is 3.94. The summed E-state index contributed by atoms with van der Waals surface area (Å²) >= 11 is 3.47. The predicted molar refractivity (Wildman–Crippen MR) is 77.8 cm³/mol. The van der Waals surface area contributed by atoms with Crippen LogP contribution in [0.4, 0.5) is 0 Å². The summed E-state index contributed by atoms with van der Waals surface area (Å²) in [5.74, 6) is 0. The minimum absolute atomic E-state index is 1.13. The highest BCUT2D eigenvalue weighted by molar-refractivity contribution is 9.09. The van der Waals surface area contributed by atoms with E-state index in [9.17, 15) is 0 Å². The molecule has 0 radical (unpaired) electrons. The standard InChI is InChI=1S/C14H25BrN2/c1-13-14(2)17(12-16-13)11-9-7-5-3-4-6-8-10-15/h12H,3-11H2,1-2H3. The molecule has 0 aliphatic heterocycles. The van der Waals surface area contributed by atoms with Crippen molar-refractivity contribution in [1.82, 2.24) is 9.55 Å². The van der Waals surface area contributed by atoms with Crippen LogP contribution in [0, 0.1) is 13.8 Å². The van der Waals surface area contributed by atoms with E-state index >= 15 is 0 Å². The minimum atomic E-state index is 1.13. The molecule has 0 N–H and O–H groups in total. The number of alkyl halides is 1. The summed E-state index contributed by atoms with van der Waals surface area (Å²) in [7, 11) is 0. The lowest BCUT2D eigenvalue weighted by Gasteiger charge is -2.05. The predicted octanol–water partition coefficient (Wildman–Crippen LogP) is 4.63. The van der Waals surface area contributed by atoms with Crippen LogP contribution in [0.3, 0.4) is 0 Å². The first kappa shape index (κ1) is 14.7. The number of nitrogens with zero attached hydrogens (tertiary/aromatic N) is 2. The van der Waals surface area contributed by atoms with E-state index in [2.05, 4.69) is 39.3 Å². The van der Waals surface area contributed by atoms with E-state index < -0.39 is 0 Å². The number of hydrogen-bond acceptors (Lipinski definition) is 1. The fraction of sp³-hybridized carbons (Fsp3) is 0.786. The second-order valence-electron chi connectivity index (χ2n) is 4.77. The first-order chi connectivity index (χ1) is 8.25. The van der Waals surface area contributed by atoms with Gasteiger partial charge < -0.3 is 4.57 Å². The molecular weight excluding hydrogens is 276 g/mol. The molecule has 1 rings (SSSR count). The second kappa shape index (κ2) is 8.73. The lowest BCUT2D eigenvalue weighted by molar-refractivity contribution is 0.546. The van der Waals surface area contributed by atoms with E-state index in [1.54, 1.807) is 0 Å². The van der Waals surface area contributed by atoms with Crippen LogP contribution < -0.4 is 0 Å². The summed E-state index contributed by atoms with van der Waals surface area (Å²) in [6, 6.07) is 0. The smallest absolute Gasteiger partial charge is 0.0951 e. The van der Waals surface area contributed by atoms with E-state index in [0.29, 0.717) is 0 Å². The molecule has 3 heteroatoms. The average molecular weight is 301 g/mol. The Balaban J connectivity index is 1.99. The van der Waals surface area contributed by atoms with Crippen LogP contribution in [0.1, 0.15) is 56.3 Å². The van der Waals surface area contributed by atoms with Gasteiger partial charge in [-0.25, -0.2) is 4.98 Å². The zero-order valence-corrected chi connectivity index (χ0v) is 12.8. The summed E-state index contributed by atoms with van der Waals surface area (Å²) in [4.78, 5) is 4.32. The fourth-order valence-electron chi connectivity index (χ4n) is 2.03. The zero-order chi connectivity index (χ0) is 12.5. The van der Waals surface area contributed by atoms with E-state index in [1.807, 2.05) is 6.33 Å². The normalized spacial score (nSPS) is 11.0. The average Bonchev–Trinajstić information content (AvgIpc) is 2.64. The Morgan fingerprint density at radius 1 is 1.00 bits per heavy atom. The van der Waals surface area contributed by atoms with Crippen LogP contribution in [-0.2, 0) is 6.54 Å². The molecule has 1 aromatic heterocycles. The molecule has 1 heterocycles. The number of imidazole rings is 1. The van der Waals surface area contributed by atoms with Crippen LogP contribution in [0.5, 0.6) is 0 Å². The first-order valence-electron chi connectivity index (χ1n) is 6.80. The van der Waals surface area contributed by atoms with Gasteiger partial charge in [-0.05, 0) is 26.7 Å². The van der Waals surface area contributed by atoms with Crippen molar-refractivity contribution in [3.05, 3.63) is 17.7 Å². The number of halogens is 1. The number of unbranched alkanes of at least 4 members (excludes halogenated alkanes) is 6. The molecule has 0 saturated heterocycles. The molecule has 0 aliphatic carbocycles. The number of aromatic nitrogens is 2. The number of aryl methyl sites for hydroxylation is 2. The summed E-state index contributed by atoms with van der Waals surface area (Å²) in [5.41, 5.74) is 2.49. The van der Waals surface area contributed by atoms with Gasteiger partial charge in [0.25, 0.3) is 0 Å². The summed E-state index contributed by atoms with van der Waals surface area (Å²) < 4.78 is 2.28. The molecule has 0 amide bonds. The maximum absolute atomic E-state index is 4.32. The van der Waals surface area contributed by atoms with Crippen LogP contribution in [0.2, 0.25) is 0 Å². The molecule has 98 valence electrons. The van der Waals surface area contributed by atoms with Gasteiger partial charge in [-0.15, -0.1) is 0 Å². The van der Waals surface area contributed by atoms with Gasteiger partial charge in [-0.1, -0.05) is 48.0 Å². The Hall–Kier alpha value is -0.310. The molecule has 0 fully saturated rings. The van der Waals surface area contributed by atoms with Gasteiger partial charge in [-0.3, -0.25) is 0 Å². The van der Waals surface area contributed by atoms with Crippen molar-refractivity contribution in [3.8, 4) is 0 Å². The van der Waals surface area contributed by atoms with Gasteiger partial charge in [0.1, 0.15) is 0 Å². The van der Waals surface area contributed by atoms with E-state index in [0.717, 1.165) is 11.9 Å². The molecule has 17 heavy (non-hydrogen) atoms. The van der Waals surface area contributed by atoms with E-state index in [-0.39, 0.29) is 0 Å². The highest BCUT2D eigenvalue weighted by atomic mass is 79.9. The monoisotopic (exact) mass is 300 g/mol. The fourth-order valence-corrected chi connectivity index (χ4v) is 2.43. The zero-order valence-electron chi connectivity index (χ0n) is 11.2. The quantitative estimate of drug-likeness (QED) is 0.480.